The Morgan fingerprint density at radius 2 is 1.07 bits per heavy atom. The molecule has 40 heavy (non-hydrogen) atoms. The fraction of sp³-hybridized carbons (Fsp3) is 1.00. The van der Waals surface area contributed by atoms with Gasteiger partial charge in [-0.3, -0.25) is 27.1 Å². The molecule has 0 aromatic heterocycles. The van der Waals surface area contributed by atoms with Gasteiger partial charge in [-0.25, -0.2) is 13.7 Å². The molecule has 16 nitrogen and oxygen atoms in total. The highest BCUT2D eigenvalue weighted by Crippen LogP contribution is 2.51. The molecule has 12 atom stereocenters. The fourth-order valence-corrected chi connectivity index (χ4v) is 7.56. The number of ether oxygens (including phenoxy) is 3. The summed E-state index contributed by atoms with van der Waals surface area (Å²) in [6.07, 6.45) is -2.96. The van der Waals surface area contributed by atoms with Gasteiger partial charge >= 0.3 is 23.5 Å². The maximum Gasteiger partial charge on any atom is 0.473 e. The largest absolute Gasteiger partial charge is 0.473 e. The smallest absolute Gasteiger partial charge is 0.373 e. The Morgan fingerprint density at radius 1 is 0.675 bits per heavy atom. The first-order valence-corrected chi connectivity index (χ1v) is 17.7. The zero-order valence-corrected chi connectivity index (χ0v) is 25.7. The summed E-state index contributed by atoms with van der Waals surface area (Å²) in [6.45, 7) is 5.71. The molecule has 0 saturated carbocycles. The summed E-state index contributed by atoms with van der Waals surface area (Å²) in [6, 6.07) is 0. The summed E-state index contributed by atoms with van der Waals surface area (Å²) in [5.74, 6) is 0.205. The van der Waals surface area contributed by atoms with E-state index in [9.17, 15) is 28.4 Å². The van der Waals surface area contributed by atoms with Crippen molar-refractivity contribution in [1.29, 1.82) is 0 Å². The highest BCUT2D eigenvalue weighted by atomic mass is 31.2. The van der Waals surface area contributed by atoms with Gasteiger partial charge in [0, 0.05) is 12.8 Å². The number of hydrogen-bond donors (Lipinski definition) is 4. The fourth-order valence-electron chi connectivity index (χ4n) is 5.04. The van der Waals surface area contributed by atoms with Crippen LogP contribution in [0.15, 0.2) is 0 Å². The molecule has 3 heterocycles. The molecule has 0 aromatic rings. The van der Waals surface area contributed by atoms with Gasteiger partial charge in [0.05, 0.1) is 44.2 Å². The molecular weight excluding hydrogens is 599 g/mol. The number of nitrogens with two attached hydrogens (primary N) is 1. The monoisotopic (exact) mass is 641 g/mol. The number of phosphoric ester groups is 3. The summed E-state index contributed by atoms with van der Waals surface area (Å²) < 4.78 is 84.3. The summed E-state index contributed by atoms with van der Waals surface area (Å²) >= 11 is 0. The average Bonchev–Trinajstić information content (AvgIpc) is 3.49. The van der Waals surface area contributed by atoms with Crippen molar-refractivity contribution in [2.75, 3.05) is 26.6 Å². The lowest BCUT2D eigenvalue weighted by Gasteiger charge is -2.25. The maximum absolute atomic E-state index is 12.7. The van der Waals surface area contributed by atoms with E-state index in [1.54, 1.807) is 13.8 Å². The van der Waals surface area contributed by atoms with Crippen LogP contribution < -0.4 is 5.73 Å². The van der Waals surface area contributed by atoms with Crippen LogP contribution in [0.4, 0.5) is 0 Å². The molecule has 236 valence electrons. The van der Waals surface area contributed by atoms with Gasteiger partial charge in [0.25, 0.3) is 0 Å². The van der Waals surface area contributed by atoms with Crippen LogP contribution in [0.25, 0.3) is 0 Å². The lowest BCUT2D eigenvalue weighted by atomic mass is 9.97. The Labute approximate surface area is 233 Å². The van der Waals surface area contributed by atoms with Gasteiger partial charge in [-0.15, -0.1) is 0 Å². The Balaban J connectivity index is 1.51. The zero-order chi connectivity index (χ0) is 29.7. The van der Waals surface area contributed by atoms with Crippen LogP contribution in [-0.4, -0.2) is 90.1 Å². The molecule has 3 saturated heterocycles. The molecule has 0 radical (unpaired) electrons. The van der Waals surface area contributed by atoms with E-state index in [1.807, 2.05) is 13.8 Å². The Hall–Kier alpha value is 0.170. The van der Waals surface area contributed by atoms with Crippen molar-refractivity contribution in [3.05, 3.63) is 0 Å². The van der Waals surface area contributed by atoms with Gasteiger partial charge in [0.1, 0.15) is 31.1 Å². The van der Waals surface area contributed by atoms with Crippen molar-refractivity contribution in [2.24, 2.45) is 11.7 Å². The second-order valence-electron chi connectivity index (χ2n) is 10.2. The molecule has 12 unspecified atom stereocenters. The minimum absolute atomic E-state index is 0.0305. The van der Waals surface area contributed by atoms with Crippen molar-refractivity contribution >= 4 is 23.5 Å². The third-order valence-corrected chi connectivity index (χ3v) is 9.82. The summed E-state index contributed by atoms with van der Waals surface area (Å²) in [5.41, 5.74) is 5.09. The molecule has 19 heteroatoms. The summed E-state index contributed by atoms with van der Waals surface area (Å²) in [5, 5.41) is 0. The van der Waals surface area contributed by atoms with Crippen LogP contribution in [0.2, 0.25) is 0 Å². The minimum Gasteiger partial charge on any atom is -0.373 e. The van der Waals surface area contributed by atoms with Gasteiger partial charge in [-0.2, -0.15) is 0 Å². The van der Waals surface area contributed by atoms with Crippen LogP contribution >= 0.6 is 23.5 Å². The standard InChI is InChI=1S/C21H42NO15P3/c1-5-16-6-13(2)33-19(16)9-30-39(25,26)36-18-8-15(4)35-21(18)11-31-40(27,28)37-17-7-14(3)34-20(17)10-29-38(23,24)32-12-22/h13-21H,5-12,22H2,1-4H3,(H,23,24)(H,25,26)(H,27,28). The van der Waals surface area contributed by atoms with Crippen molar-refractivity contribution < 1.29 is 69.7 Å². The zero-order valence-electron chi connectivity index (χ0n) is 23.0. The second kappa shape index (κ2) is 14.8. The number of rotatable bonds is 16. The topological polar surface area (TPSA) is 221 Å². The molecule has 0 spiro atoms. The van der Waals surface area contributed by atoms with Gasteiger partial charge in [-0.1, -0.05) is 13.3 Å². The Bertz CT molecular complexity index is 958. The van der Waals surface area contributed by atoms with Crippen LogP contribution in [0.5, 0.6) is 0 Å². The van der Waals surface area contributed by atoms with Crippen molar-refractivity contribution in [3.8, 4) is 0 Å². The van der Waals surface area contributed by atoms with Crippen molar-refractivity contribution in [3.63, 3.8) is 0 Å². The Morgan fingerprint density at radius 3 is 1.52 bits per heavy atom. The third-order valence-electron chi connectivity index (χ3n) is 6.84. The average molecular weight is 641 g/mol. The summed E-state index contributed by atoms with van der Waals surface area (Å²) in [7, 11) is -13.7. The molecular formula is C21H42NO15P3. The molecule has 0 amide bonds. The van der Waals surface area contributed by atoms with Gasteiger partial charge in [0.15, 0.2) is 0 Å². The van der Waals surface area contributed by atoms with Gasteiger partial charge in [0.2, 0.25) is 0 Å². The normalized spacial score (nSPS) is 39.1. The van der Waals surface area contributed by atoms with E-state index in [2.05, 4.69) is 4.52 Å². The quantitative estimate of drug-likeness (QED) is 0.140. The van der Waals surface area contributed by atoms with E-state index < -0.39 is 80.0 Å². The highest BCUT2D eigenvalue weighted by molar-refractivity contribution is 7.48. The van der Waals surface area contributed by atoms with E-state index in [4.69, 9.17) is 42.6 Å². The van der Waals surface area contributed by atoms with Crippen LogP contribution in [0, 0.1) is 5.92 Å². The van der Waals surface area contributed by atoms with Crippen molar-refractivity contribution in [2.45, 2.75) is 102 Å². The number of hydrogen-bond acceptors (Lipinski definition) is 13. The molecule has 3 aliphatic heterocycles. The van der Waals surface area contributed by atoms with Gasteiger partial charge < -0.3 is 34.6 Å². The van der Waals surface area contributed by atoms with E-state index >= 15 is 0 Å². The molecule has 3 fully saturated rings. The van der Waals surface area contributed by atoms with E-state index in [1.165, 1.54) is 0 Å². The first-order chi connectivity index (χ1) is 18.6. The third kappa shape index (κ3) is 10.7. The van der Waals surface area contributed by atoms with Gasteiger partial charge in [-0.05, 0) is 33.1 Å². The lowest BCUT2D eigenvalue weighted by molar-refractivity contribution is -0.0384. The Kier molecular flexibility index (Phi) is 12.8. The minimum atomic E-state index is -4.71. The van der Waals surface area contributed by atoms with Crippen LogP contribution in [0.1, 0.15) is 53.4 Å². The molecule has 3 rings (SSSR count). The maximum atomic E-state index is 12.7. The SMILES string of the molecule is CCC1CC(C)OC1COP(=O)(O)OC1CC(C)OC1COP(=O)(O)OC1CC(C)OC1COP(=O)(O)OCN. The summed E-state index contributed by atoms with van der Waals surface area (Å²) in [4.78, 5) is 30.2. The van der Waals surface area contributed by atoms with Crippen LogP contribution in [-0.2, 0) is 55.0 Å². The predicted octanol–water partition coefficient (Wildman–Crippen LogP) is 2.60. The lowest BCUT2D eigenvalue weighted by Crippen LogP contribution is -2.31. The highest BCUT2D eigenvalue weighted by Gasteiger charge is 2.44. The first-order valence-electron chi connectivity index (χ1n) is 13.2. The molecule has 0 bridgehead atoms. The van der Waals surface area contributed by atoms with Crippen molar-refractivity contribution in [1.82, 2.24) is 0 Å². The van der Waals surface area contributed by atoms with Crippen LogP contribution in [0.3, 0.4) is 0 Å². The number of phosphoric acid groups is 3. The molecule has 3 aliphatic rings. The van der Waals surface area contributed by atoms with E-state index in [0.29, 0.717) is 0 Å². The molecule has 0 aromatic carbocycles. The first kappa shape index (κ1) is 34.7. The predicted molar refractivity (Wildman–Crippen MR) is 138 cm³/mol. The van der Waals surface area contributed by atoms with E-state index in [-0.39, 0.29) is 37.6 Å². The second-order valence-corrected chi connectivity index (χ2v) is 14.5. The molecule has 5 N–H and O–H groups in total. The van der Waals surface area contributed by atoms with E-state index in [0.717, 1.165) is 12.8 Å². The molecule has 0 aliphatic carbocycles.